The van der Waals surface area contributed by atoms with Gasteiger partial charge in [0.15, 0.2) is 5.96 Å². The predicted molar refractivity (Wildman–Crippen MR) is 319 cm³/mol. The summed E-state index contributed by atoms with van der Waals surface area (Å²) in [4.78, 5) is 157. The first-order valence-electron chi connectivity index (χ1n) is 28.5. The smallest absolute Gasteiger partial charge is 0.334 e. The number of carbonyl (C=O) groups is 11. The lowest BCUT2D eigenvalue weighted by Gasteiger charge is -2.30. The summed E-state index contributed by atoms with van der Waals surface area (Å²) in [5.74, 6) is -11.0. The Morgan fingerprint density at radius 1 is 0.708 bits per heavy atom. The van der Waals surface area contributed by atoms with Gasteiger partial charge in [-0.3, -0.25) is 58.4 Å². The van der Waals surface area contributed by atoms with Crippen LogP contribution in [0.3, 0.4) is 0 Å². The number of primary amides is 2. The van der Waals surface area contributed by atoms with Gasteiger partial charge in [0.2, 0.25) is 53.2 Å². The Bertz CT molecular complexity index is 3220. The minimum atomic E-state index is -1.99. The van der Waals surface area contributed by atoms with Crippen molar-refractivity contribution < 1.29 is 71.7 Å². The van der Waals surface area contributed by atoms with Gasteiger partial charge in [-0.25, -0.2) is 19.0 Å². The number of urea groups is 1. The molecule has 0 aliphatic carbocycles. The third-order valence-corrected chi connectivity index (χ3v) is 14.2. The normalized spacial score (nSPS) is 16.6. The van der Waals surface area contributed by atoms with Crippen molar-refractivity contribution in [2.24, 2.45) is 28.1 Å². The number of benzene rings is 3. The van der Waals surface area contributed by atoms with Crippen LogP contribution in [0.1, 0.15) is 76.5 Å². The average molecular weight is 1250 g/mol. The molecule has 5 rings (SSSR count). The second-order valence-corrected chi connectivity index (χ2v) is 21.9. The van der Waals surface area contributed by atoms with Gasteiger partial charge in [0, 0.05) is 63.3 Å². The molecule has 0 unspecified atom stereocenters. The second kappa shape index (κ2) is 33.3. The number of aromatic hydroxyl groups is 1. The number of rotatable bonds is 30. The van der Waals surface area contributed by atoms with Gasteiger partial charge in [0.25, 0.3) is 5.91 Å². The SMILES string of the molecule is CN=C(N)NCCC[C@H](NC(=O)[C@H](CC(C)C)NC(=O)NNC(=O)[C@H](Cc1cccc(F)c1)NC(=O)[C@@H](NC(=O)[C@H](CC(N)=O)NC(=O)[C@@H]1C[C@@H](F)CN1C(=O)[C@@H](Cc1ccc(O)cc1)NC(C)=O)[C@@H](C)O)C(=O)N[C@@H](Cc1c[nH]c2ccccc12)C(N)=O. The van der Waals surface area contributed by atoms with Gasteiger partial charge in [-0.05, 0) is 79.1 Å². The number of fused-ring (bicyclic) bond motifs is 1. The highest BCUT2D eigenvalue weighted by molar-refractivity contribution is 5.99. The number of aliphatic imine (C=N–C) groups is 1. The number of aromatic amines is 1. The number of hydrazine groups is 1. The fourth-order valence-corrected chi connectivity index (χ4v) is 9.76. The molecule has 1 aliphatic rings. The third kappa shape index (κ3) is 21.8. The van der Waals surface area contributed by atoms with Crippen LogP contribution < -0.4 is 70.6 Å². The first-order chi connectivity index (χ1) is 42.1. The summed E-state index contributed by atoms with van der Waals surface area (Å²) in [6.45, 7) is 5.28. The molecule has 0 spiro atoms. The molecule has 1 aromatic heterocycles. The van der Waals surface area contributed by atoms with Crippen LogP contribution in [0.2, 0.25) is 0 Å². The average Bonchev–Trinajstić information content (AvgIpc) is 1.97. The first kappa shape index (κ1) is 69.8. The van der Waals surface area contributed by atoms with Crippen molar-refractivity contribution >= 4 is 82.0 Å². The number of phenols is 1. The molecule has 1 saturated heterocycles. The monoisotopic (exact) mass is 1240 g/mol. The molecule has 4 aromatic rings. The van der Waals surface area contributed by atoms with E-state index in [0.29, 0.717) is 11.1 Å². The van der Waals surface area contributed by atoms with E-state index in [1.54, 1.807) is 26.1 Å². The van der Waals surface area contributed by atoms with E-state index < -0.39 is 157 Å². The molecule has 10 atom stereocenters. The van der Waals surface area contributed by atoms with Crippen LogP contribution in [0.25, 0.3) is 10.9 Å². The summed E-state index contributed by atoms with van der Waals surface area (Å²) in [6.07, 6.45) is -3.80. The number of aliphatic hydroxyl groups is 1. The lowest BCUT2D eigenvalue weighted by Crippen LogP contribution is -2.62. The van der Waals surface area contributed by atoms with Crippen molar-refractivity contribution in [3.8, 4) is 5.75 Å². The Morgan fingerprint density at radius 3 is 2.00 bits per heavy atom. The zero-order chi connectivity index (χ0) is 65.6. The van der Waals surface area contributed by atoms with Crippen LogP contribution >= 0.6 is 0 Å². The largest absolute Gasteiger partial charge is 0.508 e. The maximum atomic E-state index is 15.1. The van der Waals surface area contributed by atoms with Crippen LogP contribution in [0, 0.1) is 11.7 Å². The Labute approximate surface area is 510 Å². The number of nitrogens with zero attached hydrogens (tertiary/aromatic N) is 2. The summed E-state index contributed by atoms with van der Waals surface area (Å²) in [5.41, 5.74) is 23.3. The van der Waals surface area contributed by atoms with Crippen molar-refractivity contribution in [3.63, 3.8) is 0 Å². The van der Waals surface area contributed by atoms with Gasteiger partial charge in [-0.2, -0.15) is 0 Å². The summed E-state index contributed by atoms with van der Waals surface area (Å²) < 4.78 is 29.6. The Balaban J connectivity index is 1.29. The van der Waals surface area contributed by atoms with Crippen molar-refractivity contribution in [2.45, 2.75) is 140 Å². The Kier molecular flexibility index (Phi) is 26.1. The molecule has 0 bridgehead atoms. The van der Waals surface area contributed by atoms with E-state index in [1.807, 2.05) is 18.2 Å². The summed E-state index contributed by atoms with van der Waals surface area (Å²) in [6, 6.07) is 4.09. The van der Waals surface area contributed by atoms with Crippen molar-refractivity contribution in [1.82, 2.24) is 63.3 Å². The first-order valence-corrected chi connectivity index (χ1v) is 28.5. The highest BCUT2D eigenvalue weighted by Gasteiger charge is 2.44. The molecule has 89 heavy (non-hydrogen) atoms. The number of nitrogens with one attached hydrogen (secondary N) is 11. The van der Waals surface area contributed by atoms with E-state index in [0.717, 1.165) is 41.8 Å². The van der Waals surface area contributed by atoms with E-state index in [4.69, 9.17) is 17.2 Å². The summed E-state index contributed by atoms with van der Waals surface area (Å²) in [5, 5.41) is 41.3. The van der Waals surface area contributed by atoms with Gasteiger partial charge in [-0.15, -0.1) is 0 Å². The van der Waals surface area contributed by atoms with Gasteiger partial charge < -0.3 is 79.8 Å². The van der Waals surface area contributed by atoms with Crippen molar-refractivity contribution in [2.75, 3.05) is 20.1 Å². The number of hydrogen-bond donors (Lipinski definition) is 16. The number of carbonyl (C=O) groups excluding carboxylic acids is 11. The fraction of sp³-hybridized carbons (Fsp3) is 0.448. The van der Waals surface area contributed by atoms with E-state index >= 15 is 4.39 Å². The minimum absolute atomic E-state index is 0.00170. The lowest BCUT2D eigenvalue weighted by atomic mass is 10.0. The molecule has 0 radical (unpaired) electrons. The number of nitrogens with two attached hydrogens (primary N) is 3. The third-order valence-electron chi connectivity index (χ3n) is 14.2. The number of amides is 12. The zero-order valence-corrected chi connectivity index (χ0v) is 49.7. The molecule has 1 aliphatic heterocycles. The quantitative estimate of drug-likeness (QED) is 0.0113. The topological polar surface area (TPSA) is 458 Å². The number of phenolic OH excluding ortho intramolecular Hbond substituents is 1. The van der Waals surface area contributed by atoms with Crippen molar-refractivity contribution in [1.29, 1.82) is 0 Å². The highest BCUT2D eigenvalue weighted by Crippen LogP contribution is 2.24. The second-order valence-electron chi connectivity index (χ2n) is 21.9. The number of guanidine groups is 1. The fourth-order valence-electron chi connectivity index (χ4n) is 9.76. The minimum Gasteiger partial charge on any atom is -0.508 e. The molecule has 3 aromatic carbocycles. The van der Waals surface area contributed by atoms with Gasteiger partial charge in [0.1, 0.15) is 66.1 Å². The zero-order valence-electron chi connectivity index (χ0n) is 49.7. The van der Waals surface area contributed by atoms with E-state index in [1.165, 1.54) is 43.4 Å². The number of halogens is 2. The predicted octanol–water partition coefficient (Wildman–Crippen LogP) is -2.29. The van der Waals surface area contributed by atoms with Gasteiger partial charge in [0.05, 0.1) is 19.1 Å². The lowest BCUT2D eigenvalue weighted by molar-refractivity contribution is -0.142. The number of H-pyrrole nitrogens is 1. The molecular weight excluding hydrogens is 1170 g/mol. The maximum Gasteiger partial charge on any atom is 0.334 e. The van der Waals surface area contributed by atoms with E-state index in [2.05, 4.69) is 63.4 Å². The molecule has 31 heteroatoms. The summed E-state index contributed by atoms with van der Waals surface area (Å²) in [7, 11) is 1.46. The van der Waals surface area contributed by atoms with Crippen LogP contribution in [-0.4, -0.2) is 172 Å². The number of aliphatic hydroxyl groups excluding tert-OH is 1. The number of para-hydroxylation sites is 1. The van der Waals surface area contributed by atoms with E-state index in [-0.39, 0.29) is 61.8 Å². The number of hydrogen-bond acceptors (Lipinski definition) is 14. The molecule has 482 valence electrons. The molecule has 1 fully saturated rings. The van der Waals surface area contributed by atoms with Crippen molar-refractivity contribution in [3.05, 3.63) is 102 Å². The standard InChI is InChI=1S/C58H78F2N16O13/c1-29(2)20-42(51(83)68-40(14-9-19-65-57(63)64-5)50(82)69-41(49(62)81)24-34-27-66-39-13-7-6-12-38(34)39)72-58(89)75-74-53(85)43(23-33-10-8-11-35(59)21-33)71-55(87)48(30(3)77)73-52(84)44(26-47(61)80)70-54(86)46-25-36(60)28-76(46)56(88)45(67-31(4)78)22-32-15-17-37(79)18-16-32/h6-8,10-13,15-18,21,27,29-30,36,40-46,48,66,77,79H,9,14,19-20,22-26,28H2,1-5H3,(H2,61,80)(H2,62,81)(H,67,78)(H,68,83)(H,69,82)(H,70,86)(H,71,87)(H,73,84)(H,74,85)(H3,63,64,65)(H2,72,75,89)/t30-,36-,40+,41+,42+,43+,44+,45-,46+,48+/m1/s1. The molecule has 12 amide bonds. The number of alkyl halides is 1. The molecular formula is C58H78F2N16O13. The number of likely N-dealkylation sites (tertiary alicyclic amines) is 1. The maximum absolute atomic E-state index is 15.1. The van der Waals surface area contributed by atoms with Crippen LogP contribution in [0.5, 0.6) is 5.75 Å². The van der Waals surface area contributed by atoms with Crippen LogP contribution in [-0.2, 0) is 67.2 Å². The Morgan fingerprint density at radius 2 is 1.36 bits per heavy atom. The van der Waals surface area contributed by atoms with Gasteiger partial charge >= 0.3 is 6.03 Å². The molecule has 29 nitrogen and oxygen atoms in total. The summed E-state index contributed by atoms with van der Waals surface area (Å²) >= 11 is 0. The molecule has 19 N–H and O–H groups in total. The molecule has 2 heterocycles. The Hall–Kier alpha value is -9.94. The van der Waals surface area contributed by atoms with E-state index in [9.17, 15) is 67.3 Å². The van der Waals surface area contributed by atoms with Gasteiger partial charge in [-0.1, -0.05) is 56.3 Å². The highest BCUT2D eigenvalue weighted by atomic mass is 19.1. The number of aromatic nitrogens is 1. The van der Waals surface area contributed by atoms with Crippen LogP contribution in [0.15, 0.2) is 84.0 Å². The molecule has 0 saturated carbocycles. The van der Waals surface area contributed by atoms with Crippen LogP contribution in [0.4, 0.5) is 13.6 Å².